The molecule has 0 unspecified atom stereocenters. The molecule has 0 spiro atoms. The molecule has 0 aliphatic carbocycles. The third kappa shape index (κ3) is 31.9. The molecular formula is C38H71NO6. The first-order valence-corrected chi connectivity index (χ1v) is 18.9. The molecule has 0 aliphatic heterocycles. The molecule has 0 atom stereocenters. The first-order chi connectivity index (χ1) is 21.8. The van der Waals surface area contributed by atoms with Crippen LogP contribution in [-0.4, -0.2) is 58.8 Å². The summed E-state index contributed by atoms with van der Waals surface area (Å²) in [6, 6.07) is 0. The second-order valence-corrected chi connectivity index (χ2v) is 13.5. The van der Waals surface area contributed by atoms with Crippen LogP contribution in [0.5, 0.6) is 0 Å². The summed E-state index contributed by atoms with van der Waals surface area (Å²) in [6.45, 7) is 5.72. The molecule has 7 nitrogen and oxygen atoms in total. The highest BCUT2D eigenvalue weighted by molar-refractivity contribution is 5.66. The van der Waals surface area contributed by atoms with Gasteiger partial charge in [0.05, 0.1) is 26.2 Å². The summed E-state index contributed by atoms with van der Waals surface area (Å²) in [7, 11) is 0. The van der Waals surface area contributed by atoms with Crippen molar-refractivity contribution < 1.29 is 34.2 Å². The summed E-state index contributed by atoms with van der Waals surface area (Å²) in [5.74, 6) is -2.56. The van der Waals surface area contributed by atoms with Gasteiger partial charge in [0.1, 0.15) is 0 Å². The molecule has 2 N–H and O–H groups in total. The number of nitrogens with zero attached hydrogens (tertiary/aromatic N) is 1. The van der Waals surface area contributed by atoms with Gasteiger partial charge in [-0.2, -0.15) is 0 Å². The van der Waals surface area contributed by atoms with E-state index in [0.29, 0.717) is 19.3 Å². The number of carboxylic acids is 3. The van der Waals surface area contributed by atoms with Gasteiger partial charge in [0.25, 0.3) is 0 Å². The average molecular weight is 638 g/mol. The number of allylic oxidation sites excluding steroid dienone is 2. The van der Waals surface area contributed by atoms with Crippen molar-refractivity contribution in [1.29, 1.82) is 0 Å². The van der Waals surface area contributed by atoms with Crippen molar-refractivity contribution in [2.45, 2.75) is 187 Å². The monoisotopic (exact) mass is 638 g/mol. The molecule has 0 rings (SSSR count). The van der Waals surface area contributed by atoms with Gasteiger partial charge >= 0.3 is 11.9 Å². The first kappa shape index (κ1) is 43.1. The van der Waals surface area contributed by atoms with E-state index in [1.807, 2.05) is 0 Å². The lowest BCUT2D eigenvalue weighted by Crippen LogP contribution is -2.51. The number of carboxylic acid groups (broad SMARTS) is 3. The fraction of sp³-hybridized carbons (Fsp3) is 0.868. The summed E-state index contributed by atoms with van der Waals surface area (Å²) in [4.78, 5) is 33.0. The maximum Gasteiger partial charge on any atom is 0.303 e. The molecule has 0 fully saturated rings. The highest BCUT2D eigenvalue weighted by Crippen LogP contribution is 2.20. The van der Waals surface area contributed by atoms with Crippen LogP contribution in [0.25, 0.3) is 0 Å². The molecule has 0 aromatic heterocycles. The first-order valence-electron chi connectivity index (χ1n) is 18.9. The molecule has 0 heterocycles. The normalized spacial score (nSPS) is 11.8. The summed E-state index contributed by atoms with van der Waals surface area (Å²) in [6.07, 6.45) is 34.5. The van der Waals surface area contributed by atoms with Gasteiger partial charge in [-0.3, -0.25) is 9.59 Å². The van der Waals surface area contributed by atoms with E-state index in [2.05, 4.69) is 19.1 Å². The minimum atomic E-state index is -1.01. The Labute approximate surface area is 276 Å². The van der Waals surface area contributed by atoms with Crippen LogP contribution in [0.4, 0.5) is 0 Å². The van der Waals surface area contributed by atoms with Crippen LogP contribution in [0.2, 0.25) is 0 Å². The van der Waals surface area contributed by atoms with E-state index in [9.17, 15) is 19.5 Å². The zero-order chi connectivity index (χ0) is 33.3. The van der Waals surface area contributed by atoms with Crippen LogP contribution in [0.15, 0.2) is 12.2 Å². The zero-order valence-electron chi connectivity index (χ0n) is 29.3. The third-order valence-corrected chi connectivity index (χ3v) is 9.30. The van der Waals surface area contributed by atoms with Crippen molar-refractivity contribution >= 4 is 17.9 Å². The summed E-state index contributed by atoms with van der Waals surface area (Å²) in [5.41, 5.74) is 0. The average Bonchev–Trinajstić information content (AvgIpc) is 3.00. The van der Waals surface area contributed by atoms with Crippen molar-refractivity contribution in [2.75, 3.05) is 26.2 Å². The van der Waals surface area contributed by atoms with Crippen molar-refractivity contribution in [2.24, 2.45) is 0 Å². The topological polar surface area (TPSA) is 115 Å². The van der Waals surface area contributed by atoms with Crippen LogP contribution >= 0.6 is 0 Å². The maximum atomic E-state index is 11.0. The molecule has 0 radical (unpaired) electrons. The molecule has 0 saturated carbocycles. The highest BCUT2D eigenvalue weighted by Gasteiger charge is 2.26. The number of carbonyl (C=O) groups excluding carboxylic acids is 1. The molecule has 0 saturated heterocycles. The maximum absolute atomic E-state index is 11.0. The Hall–Kier alpha value is -1.89. The minimum absolute atomic E-state index is 0.0654. The zero-order valence-corrected chi connectivity index (χ0v) is 29.3. The molecule has 0 aromatic rings. The smallest absolute Gasteiger partial charge is 0.303 e. The van der Waals surface area contributed by atoms with Crippen LogP contribution in [-0.2, 0) is 14.4 Å². The van der Waals surface area contributed by atoms with E-state index in [-0.39, 0.29) is 19.3 Å². The Morgan fingerprint density at radius 1 is 0.467 bits per heavy atom. The van der Waals surface area contributed by atoms with E-state index in [4.69, 9.17) is 10.2 Å². The Morgan fingerprint density at radius 2 is 0.756 bits per heavy atom. The predicted molar refractivity (Wildman–Crippen MR) is 184 cm³/mol. The molecule has 264 valence electrons. The van der Waals surface area contributed by atoms with Gasteiger partial charge in [-0.15, -0.1) is 0 Å². The molecule has 0 aliphatic rings. The number of rotatable bonds is 36. The van der Waals surface area contributed by atoms with E-state index in [0.717, 1.165) is 56.3 Å². The number of aliphatic carboxylic acids is 3. The van der Waals surface area contributed by atoms with Gasteiger partial charge in [0, 0.05) is 18.8 Å². The van der Waals surface area contributed by atoms with E-state index in [1.54, 1.807) is 0 Å². The lowest BCUT2D eigenvalue weighted by atomic mass is 10.0. The van der Waals surface area contributed by atoms with E-state index in [1.165, 1.54) is 116 Å². The van der Waals surface area contributed by atoms with Crippen LogP contribution < -0.4 is 5.11 Å². The number of quaternary nitrogens is 1. The Balaban J connectivity index is 4.16. The number of hydrogen-bond donors (Lipinski definition) is 2. The molecule has 0 bridgehead atoms. The van der Waals surface area contributed by atoms with Gasteiger partial charge in [0.2, 0.25) is 0 Å². The Kier molecular flexibility index (Phi) is 30.7. The Bertz CT molecular complexity index is 683. The largest absolute Gasteiger partial charge is 0.550 e. The fourth-order valence-electron chi connectivity index (χ4n) is 6.54. The number of carbonyl (C=O) groups is 3. The fourth-order valence-corrected chi connectivity index (χ4v) is 6.54. The standard InChI is InChI=1S/C38H71NO6/c1-2-3-4-5-6-7-8-9-10-11-12-13-14-15-16-17-18-19-20-21-25-32-39(33-26-22-29-36(40)41,34-27-23-30-37(42)43)35-28-24-31-38(44)45/h2-3H,4-35H2,1H3,(H2-,40,41,42,43,44,45)/b3-2+. The summed E-state index contributed by atoms with van der Waals surface area (Å²) in [5, 5.41) is 29.0. The second kappa shape index (κ2) is 32.1. The third-order valence-electron chi connectivity index (χ3n) is 9.30. The van der Waals surface area contributed by atoms with Crippen molar-refractivity contribution in [3.05, 3.63) is 12.2 Å². The molecular weight excluding hydrogens is 566 g/mol. The quantitative estimate of drug-likeness (QED) is 0.0402. The highest BCUT2D eigenvalue weighted by atomic mass is 16.4. The van der Waals surface area contributed by atoms with Crippen molar-refractivity contribution in [1.82, 2.24) is 0 Å². The molecule has 7 heteroatoms. The molecule has 45 heavy (non-hydrogen) atoms. The SMILES string of the molecule is C/C=C/CCCCCCCCCCCCCCCCCCCC[N+](CCCCC(=O)[O-])(CCCCC(=O)O)CCCCC(=O)O. The number of hydrogen-bond acceptors (Lipinski definition) is 4. The van der Waals surface area contributed by atoms with Gasteiger partial charge in [-0.05, 0) is 77.6 Å². The van der Waals surface area contributed by atoms with Crippen molar-refractivity contribution in [3.63, 3.8) is 0 Å². The lowest BCUT2D eigenvalue weighted by molar-refractivity contribution is -0.929. The summed E-state index contributed by atoms with van der Waals surface area (Å²) >= 11 is 0. The lowest BCUT2D eigenvalue weighted by Gasteiger charge is -2.39. The number of unbranched alkanes of at least 4 members (excludes halogenated alkanes) is 21. The van der Waals surface area contributed by atoms with Gasteiger partial charge in [-0.25, -0.2) is 0 Å². The van der Waals surface area contributed by atoms with E-state index >= 15 is 0 Å². The minimum Gasteiger partial charge on any atom is -0.550 e. The van der Waals surface area contributed by atoms with Gasteiger partial charge in [0.15, 0.2) is 0 Å². The van der Waals surface area contributed by atoms with E-state index < -0.39 is 17.9 Å². The molecule has 0 amide bonds. The molecule has 0 aromatic carbocycles. The van der Waals surface area contributed by atoms with Crippen molar-refractivity contribution in [3.8, 4) is 0 Å². The van der Waals surface area contributed by atoms with Crippen LogP contribution in [0.3, 0.4) is 0 Å². The van der Waals surface area contributed by atoms with Gasteiger partial charge in [-0.1, -0.05) is 108 Å². The van der Waals surface area contributed by atoms with Crippen LogP contribution in [0.1, 0.15) is 187 Å². The second-order valence-electron chi connectivity index (χ2n) is 13.5. The summed E-state index contributed by atoms with van der Waals surface area (Å²) < 4.78 is 0.851. The van der Waals surface area contributed by atoms with Gasteiger partial charge < -0.3 is 24.6 Å². The Morgan fingerprint density at radius 3 is 1.07 bits per heavy atom. The predicted octanol–water partition coefficient (Wildman–Crippen LogP) is 9.22. The van der Waals surface area contributed by atoms with Crippen LogP contribution in [0, 0.1) is 0 Å².